The summed E-state index contributed by atoms with van der Waals surface area (Å²) in [6.45, 7) is 1.18. The zero-order valence-corrected chi connectivity index (χ0v) is 15.1. The maximum atomic E-state index is 12.6. The summed E-state index contributed by atoms with van der Waals surface area (Å²) in [5, 5.41) is 9.02. The van der Waals surface area contributed by atoms with Gasteiger partial charge < -0.3 is 24.2 Å². The first-order chi connectivity index (χ1) is 12.6. The summed E-state index contributed by atoms with van der Waals surface area (Å²) in [5.41, 5.74) is 0.917. The number of benzene rings is 1. The van der Waals surface area contributed by atoms with E-state index in [1.807, 2.05) is 24.3 Å². The fourth-order valence-electron chi connectivity index (χ4n) is 2.58. The van der Waals surface area contributed by atoms with Gasteiger partial charge in [0.15, 0.2) is 11.5 Å². The van der Waals surface area contributed by atoms with Crippen molar-refractivity contribution in [3.63, 3.8) is 0 Å². The summed E-state index contributed by atoms with van der Waals surface area (Å²) < 4.78 is 16.1. The Morgan fingerprint density at radius 3 is 2.69 bits per heavy atom. The van der Waals surface area contributed by atoms with E-state index < -0.39 is 5.97 Å². The first-order valence-electron chi connectivity index (χ1n) is 8.08. The van der Waals surface area contributed by atoms with Crippen molar-refractivity contribution in [2.24, 2.45) is 0 Å². The molecule has 0 unspecified atom stereocenters. The Balaban J connectivity index is 1.79. The number of thiophene rings is 1. The van der Waals surface area contributed by atoms with E-state index in [0.717, 1.165) is 10.4 Å². The third-order valence-electron chi connectivity index (χ3n) is 3.82. The van der Waals surface area contributed by atoms with Crippen molar-refractivity contribution in [1.29, 1.82) is 0 Å². The van der Waals surface area contributed by atoms with E-state index >= 15 is 0 Å². The van der Waals surface area contributed by atoms with Crippen LogP contribution in [0.3, 0.4) is 0 Å². The Labute approximate surface area is 154 Å². The number of carboxylic acids is 1. The second-order valence-corrected chi connectivity index (χ2v) is 6.72. The molecule has 0 radical (unpaired) electrons. The lowest BCUT2D eigenvalue weighted by Crippen LogP contribution is -2.37. The first-order valence-corrected chi connectivity index (χ1v) is 8.90. The number of hydrogen-bond donors (Lipinski definition) is 1. The van der Waals surface area contributed by atoms with Gasteiger partial charge in [-0.15, -0.1) is 11.3 Å². The maximum absolute atomic E-state index is 12.6. The number of amides is 1. The van der Waals surface area contributed by atoms with E-state index in [9.17, 15) is 9.59 Å². The van der Waals surface area contributed by atoms with Gasteiger partial charge in [-0.25, -0.2) is 0 Å². The lowest BCUT2D eigenvalue weighted by atomic mass is 10.1. The SMILES string of the molecule is COCCN(CC(=O)O)C(=O)c1ccc(-c2ccc3c(c2)OCCO3)s1. The van der Waals surface area contributed by atoms with Crippen molar-refractivity contribution >= 4 is 23.2 Å². The fourth-order valence-corrected chi connectivity index (χ4v) is 3.55. The molecule has 1 aromatic carbocycles. The van der Waals surface area contributed by atoms with Gasteiger partial charge in [0.1, 0.15) is 19.8 Å². The van der Waals surface area contributed by atoms with Gasteiger partial charge in [-0.2, -0.15) is 0 Å². The van der Waals surface area contributed by atoms with Crippen LogP contribution in [0, 0.1) is 0 Å². The van der Waals surface area contributed by atoms with Crippen molar-refractivity contribution in [1.82, 2.24) is 4.90 Å². The number of fused-ring (bicyclic) bond motifs is 1. The number of ether oxygens (including phenoxy) is 3. The summed E-state index contributed by atoms with van der Waals surface area (Å²) in [5.74, 6) is 0.0130. The van der Waals surface area contributed by atoms with Gasteiger partial charge in [-0.05, 0) is 35.9 Å². The van der Waals surface area contributed by atoms with E-state index in [2.05, 4.69) is 0 Å². The number of hydrogen-bond acceptors (Lipinski definition) is 6. The van der Waals surface area contributed by atoms with E-state index in [1.54, 1.807) is 6.07 Å². The van der Waals surface area contributed by atoms with Crippen molar-refractivity contribution in [2.75, 3.05) is 40.0 Å². The zero-order chi connectivity index (χ0) is 18.5. The zero-order valence-electron chi connectivity index (χ0n) is 14.3. The highest BCUT2D eigenvalue weighted by Crippen LogP contribution is 2.37. The van der Waals surface area contributed by atoms with Crippen LogP contribution in [0.2, 0.25) is 0 Å². The van der Waals surface area contributed by atoms with Crippen LogP contribution in [0.15, 0.2) is 30.3 Å². The third kappa shape index (κ3) is 4.14. The molecule has 1 amide bonds. The minimum Gasteiger partial charge on any atom is -0.486 e. The Morgan fingerprint density at radius 2 is 1.96 bits per heavy atom. The molecule has 0 atom stereocenters. The minimum atomic E-state index is -1.06. The highest BCUT2D eigenvalue weighted by molar-refractivity contribution is 7.17. The number of carbonyl (C=O) groups excluding carboxylic acids is 1. The van der Waals surface area contributed by atoms with E-state index in [-0.39, 0.29) is 25.6 Å². The lowest BCUT2D eigenvalue weighted by Gasteiger charge is -2.19. The number of rotatable bonds is 7. The number of methoxy groups -OCH3 is 1. The van der Waals surface area contributed by atoms with Crippen LogP contribution in [0.25, 0.3) is 10.4 Å². The normalized spacial score (nSPS) is 12.7. The van der Waals surface area contributed by atoms with Gasteiger partial charge in [-0.3, -0.25) is 9.59 Å². The Morgan fingerprint density at radius 1 is 1.19 bits per heavy atom. The van der Waals surface area contributed by atoms with Crippen molar-refractivity contribution in [2.45, 2.75) is 0 Å². The third-order valence-corrected chi connectivity index (χ3v) is 4.94. The molecule has 0 saturated carbocycles. The van der Waals surface area contributed by atoms with Gasteiger partial charge in [0, 0.05) is 18.5 Å². The highest BCUT2D eigenvalue weighted by atomic mass is 32.1. The number of carbonyl (C=O) groups is 2. The van der Waals surface area contributed by atoms with E-state index in [4.69, 9.17) is 19.3 Å². The van der Waals surface area contributed by atoms with Crippen molar-refractivity contribution in [3.8, 4) is 21.9 Å². The predicted octanol–water partition coefficient (Wildman–Crippen LogP) is 2.36. The molecular weight excluding hydrogens is 358 g/mol. The van der Waals surface area contributed by atoms with Crippen LogP contribution in [0.1, 0.15) is 9.67 Å². The van der Waals surface area contributed by atoms with Gasteiger partial charge in [0.25, 0.3) is 5.91 Å². The van der Waals surface area contributed by atoms with Crippen LogP contribution in [0.4, 0.5) is 0 Å². The number of nitrogens with zero attached hydrogens (tertiary/aromatic N) is 1. The maximum Gasteiger partial charge on any atom is 0.323 e. The largest absolute Gasteiger partial charge is 0.486 e. The molecule has 26 heavy (non-hydrogen) atoms. The average molecular weight is 377 g/mol. The molecule has 1 aromatic heterocycles. The highest BCUT2D eigenvalue weighted by Gasteiger charge is 2.21. The molecule has 1 N–H and O–H groups in total. The molecule has 3 rings (SSSR count). The van der Waals surface area contributed by atoms with Gasteiger partial charge in [0.2, 0.25) is 0 Å². The monoisotopic (exact) mass is 377 g/mol. The molecule has 138 valence electrons. The summed E-state index contributed by atoms with van der Waals surface area (Å²) in [7, 11) is 1.51. The molecule has 7 nitrogen and oxygen atoms in total. The van der Waals surface area contributed by atoms with E-state index in [1.165, 1.54) is 23.3 Å². The molecule has 0 saturated heterocycles. The molecule has 0 fully saturated rings. The molecule has 8 heteroatoms. The Kier molecular flexibility index (Phi) is 5.75. The smallest absolute Gasteiger partial charge is 0.323 e. The molecule has 1 aliphatic heterocycles. The second kappa shape index (κ2) is 8.20. The van der Waals surface area contributed by atoms with Crippen LogP contribution in [0.5, 0.6) is 11.5 Å². The molecule has 0 spiro atoms. The summed E-state index contributed by atoms with van der Waals surface area (Å²) in [4.78, 5) is 26.3. The van der Waals surface area contributed by atoms with Crippen LogP contribution in [-0.2, 0) is 9.53 Å². The molecule has 0 aliphatic carbocycles. The average Bonchev–Trinajstić information content (AvgIpc) is 3.14. The molecule has 1 aliphatic rings. The summed E-state index contributed by atoms with van der Waals surface area (Å²) in [6.07, 6.45) is 0. The van der Waals surface area contributed by atoms with Gasteiger partial charge in [0.05, 0.1) is 11.5 Å². The Hall–Kier alpha value is -2.58. The molecule has 0 bridgehead atoms. The first kappa shape index (κ1) is 18.2. The number of aliphatic carboxylic acids is 1. The lowest BCUT2D eigenvalue weighted by molar-refractivity contribution is -0.137. The van der Waals surface area contributed by atoms with Crippen LogP contribution >= 0.6 is 11.3 Å². The fraction of sp³-hybridized carbons (Fsp3) is 0.333. The second-order valence-electron chi connectivity index (χ2n) is 5.64. The molecule has 2 aromatic rings. The molecular formula is C18H19NO6S. The summed E-state index contributed by atoms with van der Waals surface area (Å²) >= 11 is 1.31. The van der Waals surface area contributed by atoms with Gasteiger partial charge >= 0.3 is 5.97 Å². The quantitative estimate of drug-likeness (QED) is 0.797. The number of carboxylic acid groups (broad SMARTS) is 1. The predicted molar refractivity (Wildman–Crippen MR) is 96.2 cm³/mol. The topological polar surface area (TPSA) is 85.3 Å². The Bertz CT molecular complexity index is 803. The minimum absolute atomic E-state index is 0.221. The van der Waals surface area contributed by atoms with Gasteiger partial charge in [-0.1, -0.05) is 0 Å². The van der Waals surface area contributed by atoms with Crippen LogP contribution < -0.4 is 9.47 Å². The van der Waals surface area contributed by atoms with Crippen molar-refractivity contribution in [3.05, 3.63) is 35.2 Å². The molecule has 2 heterocycles. The van der Waals surface area contributed by atoms with Crippen molar-refractivity contribution < 1.29 is 28.9 Å². The standard InChI is InChI=1S/C18H19NO6S/c1-23-7-6-19(11-17(20)21)18(22)16-5-4-15(26-16)12-2-3-13-14(10-12)25-9-8-24-13/h2-5,10H,6-9,11H2,1H3,(H,20,21). The summed E-state index contributed by atoms with van der Waals surface area (Å²) in [6, 6.07) is 9.20. The van der Waals surface area contributed by atoms with E-state index in [0.29, 0.717) is 29.6 Å². The van der Waals surface area contributed by atoms with Crippen LogP contribution in [-0.4, -0.2) is 61.9 Å².